The Labute approximate surface area is 114 Å². The molecule has 106 valence electrons. The Morgan fingerprint density at radius 3 is 2.47 bits per heavy atom. The van der Waals surface area contributed by atoms with Crippen LogP contribution < -0.4 is 10.6 Å². The maximum atomic E-state index is 11.8. The molecule has 0 aromatic heterocycles. The first-order chi connectivity index (χ1) is 8.88. The highest BCUT2D eigenvalue weighted by molar-refractivity contribution is 7.90. The van der Waals surface area contributed by atoms with Crippen molar-refractivity contribution >= 4 is 21.4 Å². The maximum absolute atomic E-state index is 11.8. The second-order valence-electron chi connectivity index (χ2n) is 4.51. The number of rotatable bonds is 7. The summed E-state index contributed by atoms with van der Waals surface area (Å²) < 4.78 is 21.9. The van der Waals surface area contributed by atoms with Gasteiger partial charge in [0.25, 0.3) is 0 Å². The van der Waals surface area contributed by atoms with Crippen molar-refractivity contribution in [3.63, 3.8) is 0 Å². The van der Waals surface area contributed by atoms with Crippen molar-refractivity contribution in [3.8, 4) is 0 Å². The van der Waals surface area contributed by atoms with E-state index in [1.165, 1.54) is 6.26 Å². The number of hydrogen-bond acceptors (Lipinski definition) is 4. The molecule has 5 nitrogen and oxygen atoms in total. The zero-order chi connectivity index (χ0) is 14.3. The van der Waals surface area contributed by atoms with Crippen LogP contribution in [0.4, 0.5) is 5.69 Å². The lowest BCUT2D eigenvalue weighted by atomic mass is 10.2. The average molecular weight is 284 g/mol. The van der Waals surface area contributed by atoms with Crippen molar-refractivity contribution in [1.82, 2.24) is 5.32 Å². The second-order valence-corrected chi connectivity index (χ2v) is 6.77. The van der Waals surface area contributed by atoms with Gasteiger partial charge < -0.3 is 10.6 Å². The van der Waals surface area contributed by atoms with E-state index in [0.29, 0.717) is 13.0 Å². The fourth-order valence-electron chi connectivity index (χ4n) is 1.52. The molecular weight excluding hydrogens is 264 g/mol. The average Bonchev–Trinajstić information content (AvgIpc) is 2.34. The van der Waals surface area contributed by atoms with E-state index in [-0.39, 0.29) is 17.7 Å². The number of anilines is 1. The highest BCUT2D eigenvalue weighted by Gasteiger charge is 2.12. The molecule has 1 atom stereocenters. The summed E-state index contributed by atoms with van der Waals surface area (Å²) in [5.41, 5.74) is 0.747. The molecule has 0 radical (unpaired) electrons. The van der Waals surface area contributed by atoms with Crippen LogP contribution in [0.1, 0.15) is 13.3 Å². The molecule has 19 heavy (non-hydrogen) atoms. The first-order valence-corrected chi connectivity index (χ1v) is 8.21. The smallest absolute Gasteiger partial charge is 0.241 e. The third kappa shape index (κ3) is 6.93. The first-order valence-electron chi connectivity index (χ1n) is 6.15. The molecule has 1 amide bonds. The van der Waals surface area contributed by atoms with E-state index in [9.17, 15) is 13.2 Å². The molecule has 6 heteroatoms. The van der Waals surface area contributed by atoms with E-state index in [0.717, 1.165) is 5.69 Å². The molecule has 0 heterocycles. The molecule has 0 aliphatic heterocycles. The number of hydrogen-bond donors (Lipinski definition) is 2. The third-order valence-electron chi connectivity index (χ3n) is 2.58. The lowest BCUT2D eigenvalue weighted by molar-refractivity contribution is -0.117. The topological polar surface area (TPSA) is 75.3 Å². The summed E-state index contributed by atoms with van der Waals surface area (Å²) >= 11 is 0. The van der Waals surface area contributed by atoms with Crippen molar-refractivity contribution in [2.75, 3.05) is 23.9 Å². The van der Waals surface area contributed by atoms with E-state index in [4.69, 9.17) is 0 Å². The molecular formula is C13H20N2O3S. The number of carbonyl (C=O) groups excluding carboxylic acids is 1. The third-order valence-corrected chi connectivity index (χ3v) is 3.61. The molecule has 0 spiro atoms. The number of amides is 1. The summed E-state index contributed by atoms with van der Waals surface area (Å²) in [6, 6.07) is 8.84. The van der Waals surface area contributed by atoms with Gasteiger partial charge in [-0.1, -0.05) is 18.2 Å². The Morgan fingerprint density at radius 1 is 1.26 bits per heavy atom. The van der Waals surface area contributed by atoms with Crippen molar-refractivity contribution in [2.24, 2.45) is 0 Å². The summed E-state index contributed by atoms with van der Waals surface area (Å²) in [5, 5.41) is 5.78. The lowest BCUT2D eigenvalue weighted by Crippen LogP contribution is -2.38. The number of sulfone groups is 1. The van der Waals surface area contributed by atoms with Crippen molar-refractivity contribution in [1.29, 1.82) is 0 Å². The Bertz CT molecular complexity index is 500. The van der Waals surface area contributed by atoms with Crippen LogP contribution >= 0.6 is 0 Å². The minimum atomic E-state index is -2.93. The number of para-hydroxylation sites is 1. The number of nitrogens with one attached hydrogen (secondary N) is 2. The predicted molar refractivity (Wildman–Crippen MR) is 76.9 cm³/mol. The van der Waals surface area contributed by atoms with Crippen LogP contribution in [0.25, 0.3) is 0 Å². The maximum Gasteiger partial charge on any atom is 0.241 e. The van der Waals surface area contributed by atoms with E-state index in [1.807, 2.05) is 30.3 Å². The van der Waals surface area contributed by atoms with Gasteiger partial charge in [-0.05, 0) is 32.0 Å². The van der Waals surface area contributed by atoms with Crippen molar-refractivity contribution in [3.05, 3.63) is 30.3 Å². The normalized spacial score (nSPS) is 12.9. The molecule has 1 aromatic rings. The van der Waals surface area contributed by atoms with Crippen LogP contribution in [-0.4, -0.2) is 38.9 Å². The molecule has 0 aliphatic carbocycles. The highest BCUT2D eigenvalue weighted by Crippen LogP contribution is 2.05. The molecule has 0 saturated carbocycles. The fraction of sp³-hybridized carbons (Fsp3) is 0.462. The summed E-state index contributed by atoms with van der Waals surface area (Å²) in [7, 11) is -2.93. The Balaban J connectivity index is 2.29. The molecule has 1 rings (SSSR count). The summed E-state index contributed by atoms with van der Waals surface area (Å²) in [4.78, 5) is 11.8. The van der Waals surface area contributed by atoms with Gasteiger partial charge in [0.2, 0.25) is 5.91 Å². The van der Waals surface area contributed by atoms with Crippen LogP contribution in [0, 0.1) is 0 Å². The Kier molecular flexibility index (Phi) is 5.98. The van der Waals surface area contributed by atoms with Gasteiger partial charge in [0.1, 0.15) is 9.84 Å². The van der Waals surface area contributed by atoms with E-state index in [1.54, 1.807) is 6.92 Å². The van der Waals surface area contributed by atoms with Gasteiger partial charge in [-0.15, -0.1) is 0 Å². The van der Waals surface area contributed by atoms with E-state index >= 15 is 0 Å². The molecule has 1 aromatic carbocycles. The zero-order valence-corrected chi connectivity index (χ0v) is 12.0. The van der Waals surface area contributed by atoms with Gasteiger partial charge in [-0.2, -0.15) is 0 Å². The van der Waals surface area contributed by atoms with Crippen LogP contribution in [-0.2, 0) is 14.6 Å². The van der Waals surface area contributed by atoms with Gasteiger partial charge in [-0.25, -0.2) is 8.42 Å². The van der Waals surface area contributed by atoms with Gasteiger partial charge in [0, 0.05) is 11.9 Å². The van der Waals surface area contributed by atoms with Crippen LogP contribution in [0.5, 0.6) is 0 Å². The minimum absolute atomic E-state index is 0.132. The monoisotopic (exact) mass is 284 g/mol. The standard InChI is InChI=1S/C13H20N2O3S/c1-11(14-9-6-10-19(2,17)18)13(16)15-12-7-4-3-5-8-12/h3-5,7-8,11,14H,6,9-10H2,1-2H3,(H,15,16). The minimum Gasteiger partial charge on any atom is -0.325 e. The SMILES string of the molecule is CC(NCCCS(C)(=O)=O)C(=O)Nc1ccccc1. The quantitative estimate of drug-likeness (QED) is 0.734. The van der Waals surface area contributed by atoms with Crippen molar-refractivity contribution < 1.29 is 13.2 Å². The van der Waals surface area contributed by atoms with Crippen LogP contribution in [0.2, 0.25) is 0 Å². The number of carbonyl (C=O) groups is 1. The molecule has 1 unspecified atom stereocenters. The fourth-order valence-corrected chi connectivity index (χ4v) is 2.19. The first kappa shape index (κ1) is 15.7. The summed E-state index contributed by atoms with van der Waals surface area (Å²) in [5.74, 6) is -0.00178. The van der Waals surface area contributed by atoms with Gasteiger partial charge in [0.15, 0.2) is 0 Å². The molecule has 0 bridgehead atoms. The summed E-state index contributed by atoms with van der Waals surface area (Å²) in [6.07, 6.45) is 1.71. The summed E-state index contributed by atoms with van der Waals surface area (Å²) in [6.45, 7) is 2.25. The molecule has 0 fully saturated rings. The zero-order valence-electron chi connectivity index (χ0n) is 11.2. The highest BCUT2D eigenvalue weighted by atomic mass is 32.2. The Hall–Kier alpha value is -1.40. The molecule has 2 N–H and O–H groups in total. The van der Waals surface area contributed by atoms with Gasteiger partial charge in [-0.3, -0.25) is 4.79 Å². The largest absolute Gasteiger partial charge is 0.325 e. The van der Waals surface area contributed by atoms with Gasteiger partial charge in [0.05, 0.1) is 11.8 Å². The molecule has 0 aliphatic rings. The number of benzene rings is 1. The Morgan fingerprint density at radius 2 is 1.89 bits per heavy atom. The van der Waals surface area contributed by atoms with Crippen LogP contribution in [0.3, 0.4) is 0 Å². The molecule has 0 saturated heterocycles. The second kappa shape index (κ2) is 7.25. The van der Waals surface area contributed by atoms with Crippen LogP contribution in [0.15, 0.2) is 30.3 Å². The van der Waals surface area contributed by atoms with Crippen molar-refractivity contribution in [2.45, 2.75) is 19.4 Å². The lowest BCUT2D eigenvalue weighted by Gasteiger charge is -2.13. The van der Waals surface area contributed by atoms with E-state index < -0.39 is 9.84 Å². The van der Waals surface area contributed by atoms with E-state index in [2.05, 4.69) is 10.6 Å². The van der Waals surface area contributed by atoms with Gasteiger partial charge >= 0.3 is 0 Å². The predicted octanol–water partition coefficient (Wildman–Crippen LogP) is 1.04.